The molecule has 31 heavy (non-hydrogen) atoms. The van der Waals surface area contributed by atoms with E-state index in [0.29, 0.717) is 0 Å². The summed E-state index contributed by atoms with van der Waals surface area (Å²) in [6, 6.07) is 5.20. The lowest BCUT2D eigenvalue weighted by molar-refractivity contribution is -0.138. The lowest BCUT2D eigenvalue weighted by atomic mass is 9.70. The van der Waals surface area contributed by atoms with E-state index in [4.69, 9.17) is 11.6 Å². The standard InChI is InChI=1S/C26H41ClFNO2/c1-25(2,3)12-14-29(15-13-26(4,5)6)22-9-7-8-18(17-23(30)31)24(22)19-10-11-21(28)20(27)16-19/h10-11,16,18,22,24H,7-9,12-15,17H2,1-6H3,(H,30,31). The maximum absolute atomic E-state index is 13.9. The summed E-state index contributed by atoms with van der Waals surface area (Å²) in [7, 11) is 0. The van der Waals surface area contributed by atoms with Crippen LogP contribution >= 0.6 is 11.6 Å². The third-order valence-corrected chi connectivity index (χ3v) is 6.82. The van der Waals surface area contributed by atoms with E-state index in [0.717, 1.165) is 50.8 Å². The van der Waals surface area contributed by atoms with Crippen molar-refractivity contribution in [3.63, 3.8) is 0 Å². The molecule has 0 saturated heterocycles. The number of carbonyl (C=O) groups is 1. The average molecular weight is 454 g/mol. The minimum absolute atomic E-state index is 0.0320. The van der Waals surface area contributed by atoms with Crippen molar-refractivity contribution in [3.8, 4) is 0 Å². The van der Waals surface area contributed by atoms with E-state index in [9.17, 15) is 14.3 Å². The summed E-state index contributed by atoms with van der Waals surface area (Å²) in [5.41, 5.74) is 1.42. The SMILES string of the molecule is CC(C)(C)CCN(CCC(C)(C)C)C1CCCC(CC(=O)O)C1c1ccc(F)c(Cl)c1. The van der Waals surface area contributed by atoms with E-state index in [-0.39, 0.29) is 40.2 Å². The second-order valence-corrected chi connectivity index (χ2v) is 12.1. The second-order valence-electron chi connectivity index (χ2n) is 11.7. The number of rotatable bonds is 8. The van der Waals surface area contributed by atoms with Gasteiger partial charge in [0.25, 0.3) is 0 Å². The molecule has 3 unspecified atom stereocenters. The van der Waals surface area contributed by atoms with Crippen molar-refractivity contribution in [2.75, 3.05) is 13.1 Å². The number of aliphatic carboxylic acids is 1. The van der Waals surface area contributed by atoms with Gasteiger partial charge in [-0.3, -0.25) is 9.69 Å². The number of nitrogens with zero attached hydrogens (tertiary/aromatic N) is 1. The van der Waals surface area contributed by atoms with Gasteiger partial charge >= 0.3 is 5.97 Å². The molecular weight excluding hydrogens is 413 g/mol. The Bertz CT molecular complexity index is 720. The first-order chi connectivity index (χ1) is 14.3. The number of carboxylic acids is 1. The monoisotopic (exact) mass is 453 g/mol. The van der Waals surface area contributed by atoms with Crippen LogP contribution in [0.25, 0.3) is 0 Å². The molecular formula is C26H41ClFNO2. The molecule has 1 aliphatic rings. The fourth-order valence-corrected chi connectivity index (χ4v) is 4.93. The first kappa shape index (κ1) is 26.1. The normalized spacial score (nSPS) is 22.7. The summed E-state index contributed by atoms with van der Waals surface area (Å²) in [6.07, 6.45) is 5.24. The predicted octanol–water partition coefficient (Wildman–Crippen LogP) is 7.38. The lowest BCUT2D eigenvalue weighted by Crippen LogP contribution is -2.47. The van der Waals surface area contributed by atoms with Crippen LogP contribution in [0.5, 0.6) is 0 Å². The van der Waals surface area contributed by atoms with Gasteiger partial charge in [-0.05, 0) is 73.2 Å². The summed E-state index contributed by atoms with van der Waals surface area (Å²) in [5, 5.41) is 9.69. The Hall–Kier alpha value is -1.13. The van der Waals surface area contributed by atoms with Crippen LogP contribution in [-0.2, 0) is 4.79 Å². The average Bonchev–Trinajstić information content (AvgIpc) is 2.62. The van der Waals surface area contributed by atoms with Gasteiger partial charge in [-0.2, -0.15) is 0 Å². The molecule has 3 atom stereocenters. The van der Waals surface area contributed by atoms with Crippen LogP contribution in [0.2, 0.25) is 5.02 Å². The zero-order valence-corrected chi connectivity index (χ0v) is 20.9. The Labute approximate surface area is 193 Å². The van der Waals surface area contributed by atoms with Gasteiger partial charge in [-0.1, -0.05) is 65.6 Å². The molecule has 0 amide bonds. The highest BCUT2D eigenvalue weighted by atomic mass is 35.5. The van der Waals surface area contributed by atoms with Crippen molar-refractivity contribution in [2.24, 2.45) is 16.7 Å². The second kappa shape index (κ2) is 10.7. The summed E-state index contributed by atoms with van der Waals surface area (Å²) in [6.45, 7) is 15.5. The third-order valence-electron chi connectivity index (χ3n) is 6.53. The van der Waals surface area contributed by atoms with Gasteiger partial charge in [0, 0.05) is 18.4 Å². The molecule has 1 saturated carbocycles. The maximum atomic E-state index is 13.9. The third kappa shape index (κ3) is 8.38. The largest absolute Gasteiger partial charge is 0.481 e. The minimum Gasteiger partial charge on any atom is -0.481 e. The highest BCUT2D eigenvalue weighted by Crippen LogP contribution is 2.43. The van der Waals surface area contributed by atoms with Crippen LogP contribution in [0, 0.1) is 22.6 Å². The van der Waals surface area contributed by atoms with Crippen molar-refractivity contribution in [1.82, 2.24) is 4.90 Å². The quantitative estimate of drug-likeness (QED) is 0.446. The number of halogens is 2. The van der Waals surface area contributed by atoms with E-state index < -0.39 is 11.8 Å². The lowest BCUT2D eigenvalue weighted by Gasteiger charge is -2.45. The van der Waals surface area contributed by atoms with Crippen LogP contribution in [0.4, 0.5) is 4.39 Å². The van der Waals surface area contributed by atoms with E-state index in [1.807, 2.05) is 6.07 Å². The molecule has 1 aliphatic carbocycles. The predicted molar refractivity (Wildman–Crippen MR) is 127 cm³/mol. The van der Waals surface area contributed by atoms with Crippen molar-refractivity contribution in [1.29, 1.82) is 0 Å². The summed E-state index contributed by atoms with van der Waals surface area (Å²) >= 11 is 6.15. The number of hydrogen-bond acceptors (Lipinski definition) is 2. The van der Waals surface area contributed by atoms with Crippen LogP contribution in [0.3, 0.4) is 0 Å². The molecule has 1 aromatic carbocycles. The Balaban J connectivity index is 2.41. The summed E-state index contributed by atoms with van der Waals surface area (Å²) in [5.74, 6) is -1.11. The van der Waals surface area contributed by atoms with E-state index in [2.05, 4.69) is 46.4 Å². The number of carboxylic acid groups (broad SMARTS) is 1. The molecule has 0 heterocycles. The molecule has 5 heteroatoms. The molecule has 1 fully saturated rings. The molecule has 3 nitrogen and oxygen atoms in total. The van der Waals surface area contributed by atoms with Gasteiger partial charge in [0.15, 0.2) is 0 Å². The topological polar surface area (TPSA) is 40.5 Å². The molecule has 0 aliphatic heterocycles. The van der Waals surface area contributed by atoms with Crippen molar-refractivity contribution < 1.29 is 14.3 Å². The highest BCUT2D eigenvalue weighted by Gasteiger charge is 2.39. The van der Waals surface area contributed by atoms with Gasteiger partial charge in [-0.25, -0.2) is 4.39 Å². The molecule has 1 aromatic rings. The van der Waals surface area contributed by atoms with Crippen molar-refractivity contribution >= 4 is 17.6 Å². The van der Waals surface area contributed by atoms with E-state index in [1.54, 1.807) is 6.07 Å². The number of hydrogen-bond donors (Lipinski definition) is 1. The Morgan fingerprint density at radius 3 is 2.16 bits per heavy atom. The Kier molecular flexibility index (Phi) is 8.98. The van der Waals surface area contributed by atoms with Crippen LogP contribution < -0.4 is 0 Å². The molecule has 2 rings (SSSR count). The van der Waals surface area contributed by atoms with Crippen molar-refractivity contribution in [2.45, 2.75) is 92.0 Å². The molecule has 176 valence electrons. The first-order valence-corrected chi connectivity index (χ1v) is 12.1. The highest BCUT2D eigenvalue weighted by molar-refractivity contribution is 6.30. The minimum atomic E-state index is -0.764. The zero-order valence-electron chi connectivity index (χ0n) is 20.2. The Morgan fingerprint density at radius 2 is 1.68 bits per heavy atom. The van der Waals surface area contributed by atoms with Gasteiger partial charge in [0.1, 0.15) is 5.82 Å². The van der Waals surface area contributed by atoms with Gasteiger partial charge in [-0.15, -0.1) is 0 Å². The molecule has 0 spiro atoms. The summed E-state index contributed by atoms with van der Waals surface area (Å²) in [4.78, 5) is 14.2. The molecule has 0 radical (unpaired) electrons. The fourth-order valence-electron chi connectivity index (χ4n) is 4.74. The fraction of sp³-hybridized carbons (Fsp3) is 0.731. The maximum Gasteiger partial charge on any atom is 0.303 e. The van der Waals surface area contributed by atoms with E-state index in [1.165, 1.54) is 6.07 Å². The smallest absolute Gasteiger partial charge is 0.303 e. The molecule has 0 bridgehead atoms. The van der Waals surface area contributed by atoms with E-state index >= 15 is 0 Å². The van der Waals surface area contributed by atoms with Gasteiger partial charge < -0.3 is 5.11 Å². The zero-order chi connectivity index (χ0) is 23.4. The van der Waals surface area contributed by atoms with Crippen LogP contribution in [0.15, 0.2) is 18.2 Å². The van der Waals surface area contributed by atoms with Gasteiger partial charge in [0.2, 0.25) is 0 Å². The van der Waals surface area contributed by atoms with Gasteiger partial charge in [0.05, 0.1) is 5.02 Å². The molecule has 1 N–H and O–H groups in total. The van der Waals surface area contributed by atoms with Crippen LogP contribution in [0.1, 0.15) is 91.5 Å². The summed E-state index contributed by atoms with van der Waals surface area (Å²) < 4.78 is 13.9. The number of benzene rings is 1. The van der Waals surface area contributed by atoms with Crippen LogP contribution in [-0.4, -0.2) is 35.1 Å². The first-order valence-electron chi connectivity index (χ1n) is 11.7. The molecule has 0 aromatic heterocycles. The Morgan fingerprint density at radius 1 is 1.10 bits per heavy atom. The van der Waals surface area contributed by atoms with Crippen molar-refractivity contribution in [3.05, 3.63) is 34.6 Å².